The first kappa shape index (κ1) is 21.0. The van der Waals surface area contributed by atoms with E-state index in [1.165, 1.54) is 35.2 Å². The van der Waals surface area contributed by atoms with Crippen molar-refractivity contribution in [2.24, 2.45) is 0 Å². The van der Waals surface area contributed by atoms with Crippen LogP contribution >= 0.6 is 55.8 Å². The fourth-order valence-corrected chi connectivity index (χ4v) is 4.86. The van der Waals surface area contributed by atoms with E-state index in [2.05, 4.69) is 37.2 Å². The zero-order valence-corrected chi connectivity index (χ0v) is 18.7. The lowest BCUT2D eigenvalue weighted by atomic mass is 10.2. The van der Waals surface area contributed by atoms with Crippen LogP contribution in [-0.4, -0.2) is 32.7 Å². The van der Waals surface area contributed by atoms with Crippen LogP contribution in [0, 0.1) is 5.82 Å². The molecule has 2 amide bonds. The number of amides is 2. The van der Waals surface area contributed by atoms with Gasteiger partial charge in [-0.25, -0.2) is 4.39 Å². The number of benzene rings is 2. The molecule has 1 aliphatic heterocycles. The van der Waals surface area contributed by atoms with E-state index in [1.54, 1.807) is 12.1 Å². The Morgan fingerprint density at radius 2 is 1.96 bits per heavy atom. The van der Waals surface area contributed by atoms with Crippen LogP contribution in [-0.2, 0) is 9.59 Å². The summed E-state index contributed by atoms with van der Waals surface area (Å²) < 4.78 is 14.4. The fraction of sp³-hybridized carbons (Fsp3) is 0.0556. The van der Waals surface area contributed by atoms with Crippen LogP contribution in [0.25, 0.3) is 6.08 Å². The molecule has 2 aromatic carbocycles. The van der Waals surface area contributed by atoms with Crippen LogP contribution in [0.15, 0.2) is 50.2 Å². The third-order valence-corrected chi connectivity index (χ3v) is 6.09. The summed E-state index contributed by atoms with van der Waals surface area (Å²) in [4.78, 5) is 26.3. The van der Waals surface area contributed by atoms with Crippen LogP contribution < -0.4 is 5.32 Å². The monoisotopic (exact) mass is 544 g/mol. The summed E-state index contributed by atoms with van der Waals surface area (Å²) in [6.07, 6.45) is 1.52. The van der Waals surface area contributed by atoms with Crippen molar-refractivity contribution in [2.45, 2.75) is 0 Å². The Bertz CT molecular complexity index is 1010. The molecule has 5 nitrogen and oxygen atoms in total. The minimum atomic E-state index is -0.461. The van der Waals surface area contributed by atoms with Crippen molar-refractivity contribution in [3.8, 4) is 5.75 Å². The Morgan fingerprint density at radius 1 is 1.29 bits per heavy atom. The number of phenols is 1. The third kappa shape index (κ3) is 4.80. The van der Waals surface area contributed by atoms with E-state index in [4.69, 9.17) is 12.2 Å². The molecule has 0 atom stereocenters. The van der Waals surface area contributed by atoms with Gasteiger partial charge in [0.1, 0.15) is 22.4 Å². The summed E-state index contributed by atoms with van der Waals surface area (Å²) in [5, 5.41) is 12.7. The largest absolute Gasteiger partial charge is 0.506 e. The number of halogens is 3. The van der Waals surface area contributed by atoms with Gasteiger partial charge < -0.3 is 10.4 Å². The molecule has 3 rings (SSSR count). The molecule has 0 spiro atoms. The normalized spacial score (nSPS) is 15.4. The maximum absolute atomic E-state index is 12.9. The molecule has 0 aliphatic carbocycles. The molecule has 28 heavy (non-hydrogen) atoms. The molecule has 0 radical (unpaired) electrons. The van der Waals surface area contributed by atoms with E-state index in [9.17, 15) is 19.1 Å². The molecule has 10 heteroatoms. The standard InChI is InChI=1S/C18H11Br2FN2O3S2/c19-10-5-9(16(25)13(20)7-10)6-14-17(26)23(18(27)28-14)8-15(24)22-12-3-1-11(21)2-4-12/h1-7,25H,8H2,(H,22,24)/b14-6-. The molecular formula is C18H11Br2FN2O3S2. The average Bonchev–Trinajstić information content (AvgIpc) is 2.88. The lowest BCUT2D eigenvalue weighted by Crippen LogP contribution is -2.36. The second kappa shape index (κ2) is 8.73. The van der Waals surface area contributed by atoms with Crippen LogP contribution in [0.3, 0.4) is 0 Å². The summed E-state index contributed by atoms with van der Waals surface area (Å²) in [7, 11) is 0. The Hall–Kier alpha value is -1.75. The van der Waals surface area contributed by atoms with Gasteiger partial charge in [-0.3, -0.25) is 14.5 Å². The van der Waals surface area contributed by atoms with E-state index >= 15 is 0 Å². The van der Waals surface area contributed by atoms with E-state index in [0.29, 0.717) is 20.6 Å². The molecule has 2 N–H and O–H groups in total. The van der Waals surface area contributed by atoms with Gasteiger partial charge in [0.15, 0.2) is 0 Å². The molecule has 0 bridgehead atoms. The van der Waals surface area contributed by atoms with E-state index in [0.717, 1.165) is 16.2 Å². The molecule has 1 heterocycles. The molecule has 0 saturated carbocycles. The van der Waals surface area contributed by atoms with Gasteiger partial charge in [-0.1, -0.05) is 39.9 Å². The number of nitrogens with one attached hydrogen (secondary N) is 1. The van der Waals surface area contributed by atoms with Crippen molar-refractivity contribution in [1.82, 2.24) is 4.90 Å². The second-order valence-electron chi connectivity index (χ2n) is 5.65. The molecule has 1 aliphatic rings. The summed E-state index contributed by atoms with van der Waals surface area (Å²) in [5.41, 5.74) is 0.841. The zero-order valence-electron chi connectivity index (χ0n) is 13.9. The molecule has 0 aromatic heterocycles. The first-order valence-electron chi connectivity index (χ1n) is 7.73. The van der Waals surface area contributed by atoms with Gasteiger partial charge in [0, 0.05) is 15.7 Å². The van der Waals surface area contributed by atoms with E-state index in [-0.39, 0.29) is 16.6 Å². The van der Waals surface area contributed by atoms with Crippen LogP contribution in [0.1, 0.15) is 5.56 Å². The van der Waals surface area contributed by atoms with Crippen molar-refractivity contribution in [2.75, 3.05) is 11.9 Å². The smallest absolute Gasteiger partial charge is 0.266 e. The number of hydrogen-bond acceptors (Lipinski definition) is 5. The van der Waals surface area contributed by atoms with Gasteiger partial charge in [-0.2, -0.15) is 0 Å². The van der Waals surface area contributed by atoms with Crippen molar-refractivity contribution < 1.29 is 19.1 Å². The highest BCUT2D eigenvalue weighted by Gasteiger charge is 2.33. The first-order valence-corrected chi connectivity index (χ1v) is 10.5. The number of carbonyl (C=O) groups is 2. The average molecular weight is 546 g/mol. The Morgan fingerprint density at radius 3 is 2.64 bits per heavy atom. The number of carbonyl (C=O) groups excluding carboxylic acids is 2. The van der Waals surface area contributed by atoms with Crippen molar-refractivity contribution in [1.29, 1.82) is 0 Å². The summed E-state index contributed by atoms with van der Waals surface area (Å²) in [6, 6.07) is 8.63. The number of hydrogen-bond donors (Lipinski definition) is 2. The van der Waals surface area contributed by atoms with Gasteiger partial charge in [-0.15, -0.1) is 0 Å². The lowest BCUT2D eigenvalue weighted by Gasteiger charge is -2.14. The van der Waals surface area contributed by atoms with Crippen molar-refractivity contribution >= 4 is 83.7 Å². The number of aromatic hydroxyl groups is 1. The predicted molar refractivity (Wildman–Crippen MR) is 118 cm³/mol. The maximum Gasteiger partial charge on any atom is 0.266 e. The summed E-state index contributed by atoms with van der Waals surface area (Å²) in [6.45, 7) is -0.270. The fourth-order valence-electron chi connectivity index (χ4n) is 2.35. The minimum Gasteiger partial charge on any atom is -0.506 e. The number of anilines is 1. The van der Waals surface area contributed by atoms with E-state index < -0.39 is 17.6 Å². The third-order valence-electron chi connectivity index (χ3n) is 3.65. The van der Waals surface area contributed by atoms with Crippen molar-refractivity contribution in [3.63, 3.8) is 0 Å². The Kier molecular flexibility index (Phi) is 6.54. The highest BCUT2D eigenvalue weighted by molar-refractivity contribution is 9.11. The predicted octanol–water partition coefficient (Wildman–Crippen LogP) is 4.90. The maximum atomic E-state index is 12.9. The second-order valence-corrected chi connectivity index (χ2v) is 9.09. The first-order chi connectivity index (χ1) is 13.2. The number of thiocarbonyl (C=S) groups is 1. The highest BCUT2D eigenvalue weighted by atomic mass is 79.9. The summed E-state index contributed by atoms with van der Waals surface area (Å²) in [5.74, 6) is -1.32. The van der Waals surface area contributed by atoms with Crippen LogP contribution in [0.5, 0.6) is 5.75 Å². The lowest BCUT2D eigenvalue weighted by molar-refractivity contribution is -0.126. The zero-order chi connectivity index (χ0) is 20.4. The molecular weight excluding hydrogens is 535 g/mol. The number of rotatable bonds is 4. The van der Waals surface area contributed by atoms with Crippen LogP contribution in [0.4, 0.5) is 10.1 Å². The molecule has 1 fully saturated rings. The van der Waals surface area contributed by atoms with Gasteiger partial charge in [0.2, 0.25) is 5.91 Å². The molecule has 0 unspecified atom stereocenters. The van der Waals surface area contributed by atoms with Crippen molar-refractivity contribution in [3.05, 3.63) is 61.6 Å². The van der Waals surface area contributed by atoms with Gasteiger partial charge in [-0.05, 0) is 58.4 Å². The Labute approximate surface area is 186 Å². The number of thioether (sulfide) groups is 1. The molecule has 1 saturated heterocycles. The SMILES string of the molecule is O=C(CN1C(=O)/C(=C/c2cc(Br)cc(Br)c2O)SC1=S)Nc1ccc(F)cc1. The number of phenolic OH excluding ortho intramolecular Hbond substituents is 1. The minimum absolute atomic E-state index is 0.0116. The Balaban J connectivity index is 1.74. The highest BCUT2D eigenvalue weighted by Crippen LogP contribution is 2.37. The number of nitrogens with zero attached hydrogens (tertiary/aromatic N) is 1. The molecule has 2 aromatic rings. The van der Waals surface area contributed by atoms with Gasteiger partial charge >= 0.3 is 0 Å². The van der Waals surface area contributed by atoms with E-state index in [1.807, 2.05) is 0 Å². The summed E-state index contributed by atoms with van der Waals surface area (Å²) >= 11 is 12.8. The quantitative estimate of drug-likeness (QED) is 0.422. The van der Waals surface area contributed by atoms with Gasteiger partial charge in [0.25, 0.3) is 5.91 Å². The van der Waals surface area contributed by atoms with Crippen LogP contribution in [0.2, 0.25) is 0 Å². The topological polar surface area (TPSA) is 69.6 Å². The van der Waals surface area contributed by atoms with Gasteiger partial charge in [0.05, 0.1) is 9.38 Å². The molecule has 144 valence electrons.